The molecule has 4 aromatic rings. The molecule has 1 aliphatic heterocycles. The second kappa shape index (κ2) is 9.73. The maximum absolute atomic E-state index is 13.5. The smallest absolute Gasteiger partial charge is 0.295 e. The van der Waals surface area contributed by atoms with Crippen LogP contribution in [-0.2, 0) is 16.1 Å². The zero-order chi connectivity index (χ0) is 26.1. The fraction of sp³-hybridized carbons (Fsp3) is 0.172. The third-order valence-electron chi connectivity index (χ3n) is 6.47. The summed E-state index contributed by atoms with van der Waals surface area (Å²) in [4.78, 5) is 37.0. The van der Waals surface area contributed by atoms with Crippen molar-refractivity contribution in [3.63, 3.8) is 0 Å². The van der Waals surface area contributed by atoms with E-state index in [0.29, 0.717) is 29.3 Å². The molecular formula is C29H26N4O4. The molecule has 1 aromatic carbocycles. The van der Waals surface area contributed by atoms with Crippen molar-refractivity contribution >= 4 is 23.1 Å². The summed E-state index contributed by atoms with van der Waals surface area (Å²) in [6, 6.07) is 13.7. The molecule has 1 atom stereocenters. The van der Waals surface area contributed by atoms with Crippen LogP contribution in [0.3, 0.4) is 0 Å². The van der Waals surface area contributed by atoms with E-state index in [1.54, 1.807) is 42.7 Å². The summed E-state index contributed by atoms with van der Waals surface area (Å²) in [5.74, 6) is -1.22. The molecule has 4 heterocycles. The first-order chi connectivity index (χ1) is 17.9. The van der Waals surface area contributed by atoms with Crippen molar-refractivity contribution in [2.75, 3.05) is 6.61 Å². The number of rotatable bonds is 7. The standard InChI is InChI=1S/C29H26N4O4/c1-4-14-37-22-11-5-10-21(15-22)25-23(27(35)29(36)33(25)17-20-9-6-12-30-16-20)26(34)24-19(3)32-13-7-8-18(2)28(32)31-24/h4-13,15-16,25,34H,1,14,17H2,2-3H3. The van der Waals surface area contributed by atoms with E-state index in [0.717, 1.165) is 11.1 Å². The number of carbonyl (C=O) groups is 2. The van der Waals surface area contributed by atoms with Crippen LogP contribution in [0.25, 0.3) is 11.4 Å². The number of benzene rings is 1. The lowest BCUT2D eigenvalue weighted by atomic mass is 9.96. The molecule has 37 heavy (non-hydrogen) atoms. The van der Waals surface area contributed by atoms with Gasteiger partial charge in [0.2, 0.25) is 0 Å². The Balaban J connectivity index is 1.69. The number of ether oxygens (including phenoxy) is 1. The molecule has 0 spiro atoms. The normalized spacial score (nSPS) is 16.9. The number of aliphatic hydroxyl groups is 1. The average molecular weight is 495 g/mol. The van der Waals surface area contributed by atoms with Gasteiger partial charge >= 0.3 is 0 Å². The summed E-state index contributed by atoms with van der Waals surface area (Å²) in [7, 11) is 0. The zero-order valence-corrected chi connectivity index (χ0v) is 20.6. The number of Topliss-reactive ketones (excluding diaryl/α,β-unsaturated/α-hetero) is 1. The lowest BCUT2D eigenvalue weighted by Gasteiger charge is -2.25. The van der Waals surface area contributed by atoms with Crippen LogP contribution in [-0.4, -0.2) is 42.7 Å². The number of imidazole rings is 1. The third kappa shape index (κ3) is 4.27. The number of aryl methyl sites for hydroxylation is 2. The fourth-order valence-electron chi connectivity index (χ4n) is 4.68. The molecule has 1 N–H and O–H groups in total. The van der Waals surface area contributed by atoms with Crippen molar-refractivity contribution in [2.24, 2.45) is 0 Å². The predicted octanol–water partition coefficient (Wildman–Crippen LogP) is 4.53. The van der Waals surface area contributed by atoms with Gasteiger partial charge in [0.25, 0.3) is 11.7 Å². The van der Waals surface area contributed by atoms with E-state index in [9.17, 15) is 14.7 Å². The van der Waals surface area contributed by atoms with E-state index < -0.39 is 17.7 Å². The van der Waals surface area contributed by atoms with E-state index in [1.807, 2.05) is 48.7 Å². The number of fused-ring (bicyclic) bond motifs is 1. The van der Waals surface area contributed by atoms with Crippen LogP contribution in [0.1, 0.15) is 34.1 Å². The Morgan fingerprint density at radius 2 is 2.00 bits per heavy atom. The quantitative estimate of drug-likeness (QED) is 0.175. The molecule has 1 amide bonds. The third-order valence-corrected chi connectivity index (χ3v) is 6.47. The molecule has 5 rings (SSSR count). The number of hydrogen-bond donors (Lipinski definition) is 1. The van der Waals surface area contributed by atoms with E-state index in [2.05, 4.69) is 16.5 Å². The van der Waals surface area contributed by atoms with Crippen molar-refractivity contribution < 1.29 is 19.4 Å². The lowest BCUT2D eigenvalue weighted by Crippen LogP contribution is -2.29. The first-order valence-electron chi connectivity index (χ1n) is 11.9. The molecule has 1 saturated heterocycles. The van der Waals surface area contributed by atoms with Crippen LogP contribution >= 0.6 is 0 Å². The Morgan fingerprint density at radius 1 is 1.16 bits per heavy atom. The van der Waals surface area contributed by atoms with Crippen LogP contribution in [0.4, 0.5) is 0 Å². The molecule has 0 saturated carbocycles. The highest BCUT2D eigenvalue weighted by Crippen LogP contribution is 2.41. The van der Waals surface area contributed by atoms with Crippen molar-refractivity contribution in [1.29, 1.82) is 0 Å². The summed E-state index contributed by atoms with van der Waals surface area (Å²) in [6.45, 7) is 7.86. The van der Waals surface area contributed by atoms with Gasteiger partial charge in [-0.25, -0.2) is 4.98 Å². The van der Waals surface area contributed by atoms with Crippen LogP contribution in [0.15, 0.2) is 85.3 Å². The number of nitrogens with zero attached hydrogens (tertiary/aromatic N) is 4. The number of pyridine rings is 2. The highest BCUT2D eigenvalue weighted by atomic mass is 16.5. The van der Waals surface area contributed by atoms with Gasteiger partial charge in [0.1, 0.15) is 23.7 Å². The molecule has 1 fully saturated rings. The van der Waals surface area contributed by atoms with Crippen LogP contribution < -0.4 is 4.74 Å². The molecule has 1 unspecified atom stereocenters. The maximum Gasteiger partial charge on any atom is 0.295 e. The van der Waals surface area contributed by atoms with Crippen molar-refractivity contribution in [1.82, 2.24) is 19.3 Å². The zero-order valence-electron chi connectivity index (χ0n) is 20.6. The molecule has 0 bridgehead atoms. The van der Waals surface area contributed by atoms with Crippen LogP contribution in [0, 0.1) is 13.8 Å². The first kappa shape index (κ1) is 24.0. The lowest BCUT2D eigenvalue weighted by molar-refractivity contribution is -0.140. The molecule has 0 radical (unpaired) electrons. The minimum atomic E-state index is -0.849. The molecular weight excluding hydrogens is 468 g/mol. The number of hydrogen-bond acceptors (Lipinski definition) is 6. The Bertz CT molecular complexity index is 1550. The van der Waals surface area contributed by atoms with Crippen molar-refractivity contribution in [3.05, 3.63) is 113 Å². The number of aromatic nitrogens is 3. The Hall–Kier alpha value is -4.72. The van der Waals surface area contributed by atoms with Gasteiger partial charge in [0, 0.05) is 25.1 Å². The van der Waals surface area contributed by atoms with Gasteiger partial charge in [0.15, 0.2) is 5.76 Å². The van der Waals surface area contributed by atoms with E-state index in [4.69, 9.17) is 4.74 Å². The maximum atomic E-state index is 13.5. The van der Waals surface area contributed by atoms with E-state index >= 15 is 0 Å². The van der Waals surface area contributed by atoms with Gasteiger partial charge in [0.05, 0.1) is 17.3 Å². The SMILES string of the molecule is C=CCOc1cccc(C2C(=C(O)c3nc4c(C)cccn4c3C)C(=O)C(=O)N2Cc2cccnc2)c1. The summed E-state index contributed by atoms with van der Waals surface area (Å²) in [6.07, 6.45) is 6.77. The Morgan fingerprint density at radius 3 is 2.73 bits per heavy atom. The summed E-state index contributed by atoms with van der Waals surface area (Å²) in [5, 5.41) is 11.6. The van der Waals surface area contributed by atoms with Crippen LogP contribution in [0.2, 0.25) is 0 Å². The number of carbonyl (C=O) groups excluding carboxylic acids is 2. The molecule has 8 heteroatoms. The minimum Gasteiger partial charge on any atom is -0.505 e. The summed E-state index contributed by atoms with van der Waals surface area (Å²) >= 11 is 0. The van der Waals surface area contributed by atoms with Crippen molar-refractivity contribution in [2.45, 2.75) is 26.4 Å². The van der Waals surface area contributed by atoms with Gasteiger partial charge in [-0.15, -0.1) is 0 Å². The number of ketones is 1. The summed E-state index contributed by atoms with van der Waals surface area (Å²) in [5.41, 5.74) is 3.89. The highest BCUT2D eigenvalue weighted by molar-refractivity contribution is 6.46. The second-order valence-electron chi connectivity index (χ2n) is 8.89. The summed E-state index contributed by atoms with van der Waals surface area (Å²) < 4.78 is 7.56. The van der Waals surface area contributed by atoms with E-state index in [1.165, 1.54) is 4.90 Å². The molecule has 3 aromatic heterocycles. The van der Waals surface area contributed by atoms with Gasteiger partial charge in [-0.2, -0.15) is 0 Å². The Kier molecular flexibility index (Phi) is 6.31. The van der Waals surface area contributed by atoms with Crippen LogP contribution in [0.5, 0.6) is 5.75 Å². The number of likely N-dealkylation sites (tertiary alicyclic amines) is 1. The van der Waals surface area contributed by atoms with Gasteiger partial charge in [-0.05, 0) is 54.8 Å². The van der Waals surface area contributed by atoms with Gasteiger partial charge in [-0.3, -0.25) is 14.6 Å². The number of amides is 1. The first-order valence-corrected chi connectivity index (χ1v) is 11.9. The fourth-order valence-corrected chi connectivity index (χ4v) is 4.68. The highest BCUT2D eigenvalue weighted by Gasteiger charge is 2.46. The molecule has 186 valence electrons. The minimum absolute atomic E-state index is 0.0149. The topological polar surface area (TPSA) is 97.0 Å². The van der Waals surface area contributed by atoms with Crippen molar-refractivity contribution in [3.8, 4) is 5.75 Å². The molecule has 8 nitrogen and oxygen atoms in total. The van der Waals surface area contributed by atoms with E-state index in [-0.39, 0.29) is 23.6 Å². The monoisotopic (exact) mass is 494 g/mol. The second-order valence-corrected chi connectivity index (χ2v) is 8.89. The molecule has 0 aliphatic carbocycles. The van der Waals surface area contributed by atoms with Gasteiger partial charge < -0.3 is 19.1 Å². The largest absolute Gasteiger partial charge is 0.505 e. The molecule has 1 aliphatic rings. The van der Waals surface area contributed by atoms with Gasteiger partial charge in [-0.1, -0.05) is 36.9 Å². The average Bonchev–Trinajstić information content (AvgIpc) is 3.38. The predicted molar refractivity (Wildman–Crippen MR) is 139 cm³/mol. The Labute approximate surface area is 214 Å². The number of aliphatic hydroxyl groups excluding tert-OH is 1.